The second kappa shape index (κ2) is 10.0. The molecule has 1 amide bonds. The van der Waals surface area contributed by atoms with Gasteiger partial charge >= 0.3 is 6.18 Å². The van der Waals surface area contributed by atoms with E-state index in [0.29, 0.717) is 31.7 Å². The van der Waals surface area contributed by atoms with Crippen molar-refractivity contribution in [1.29, 1.82) is 0 Å². The van der Waals surface area contributed by atoms with Crippen LogP contribution in [0.3, 0.4) is 0 Å². The minimum Gasteiger partial charge on any atom is -0.490 e. The van der Waals surface area contributed by atoms with E-state index in [-0.39, 0.29) is 28.2 Å². The highest BCUT2D eigenvalue weighted by Gasteiger charge is 2.30. The summed E-state index contributed by atoms with van der Waals surface area (Å²) in [6.07, 6.45) is -3.70. The van der Waals surface area contributed by atoms with Gasteiger partial charge in [0.25, 0.3) is 5.91 Å². The third kappa shape index (κ3) is 6.38. The molecule has 0 N–H and O–H groups in total. The number of alkyl halides is 3. The Hall–Kier alpha value is -2.79. The van der Waals surface area contributed by atoms with Gasteiger partial charge in [-0.2, -0.15) is 13.2 Å². The number of amides is 1. The first-order valence-electron chi connectivity index (χ1n) is 10.2. The Balaban J connectivity index is 1.62. The van der Waals surface area contributed by atoms with E-state index >= 15 is 0 Å². The van der Waals surface area contributed by atoms with Crippen LogP contribution in [-0.4, -0.2) is 69.6 Å². The number of likely N-dealkylation sites (tertiary alicyclic amines) is 1. The van der Waals surface area contributed by atoms with Crippen LogP contribution in [0, 0.1) is 0 Å². The average molecular weight is 487 g/mol. The topological polar surface area (TPSA) is 76.2 Å². The van der Waals surface area contributed by atoms with Gasteiger partial charge in [0.15, 0.2) is 6.61 Å². The molecule has 1 aliphatic rings. The van der Waals surface area contributed by atoms with Gasteiger partial charge < -0.3 is 14.4 Å². The van der Waals surface area contributed by atoms with Crippen molar-refractivity contribution in [2.45, 2.75) is 30.0 Å². The van der Waals surface area contributed by atoms with Gasteiger partial charge in [0, 0.05) is 46.1 Å². The van der Waals surface area contributed by atoms with E-state index < -0.39 is 22.8 Å². The monoisotopic (exact) mass is 486 g/mol. The summed E-state index contributed by atoms with van der Waals surface area (Å²) in [5.74, 6) is 0.0510. The number of ether oxygens (including phenoxy) is 2. The third-order valence-corrected chi connectivity index (χ3v) is 6.99. The molecule has 2 aromatic rings. The summed E-state index contributed by atoms with van der Waals surface area (Å²) in [5, 5.41) is 0. The van der Waals surface area contributed by atoms with E-state index in [2.05, 4.69) is 0 Å². The van der Waals surface area contributed by atoms with Crippen LogP contribution in [0.1, 0.15) is 23.2 Å². The molecule has 1 heterocycles. The first-order valence-corrected chi connectivity index (χ1v) is 11.7. The fourth-order valence-corrected chi connectivity index (χ4v) is 4.48. The molecule has 11 heteroatoms. The summed E-state index contributed by atoms with van der Waals surface area (Å²) in [5.41, 5.74) is 0.111. The summed E-state index contributed by atoms with van der Waals surface area (Å²) in [4.78, 5) is 14.6. The summed E-state index contributed by atoms with van der Waals surface area (Å²) >= 11 is 0. The molecule has 33 heavy (non-hydrogen) atoms. The molecule has 0 saturated carbocycles. The van der Waals surface area contributed by atoms with Gasteiger partial charge in [-0.3, -0.25) is 4.79 Å². The minimum absolute atomic E-state index is 0.0472. The van der Waals surface area contributed by atoms with Crippen molar-refractivity contribution in [1.82, 2.24) is 9.21 Å². The molecule has 1 saturated heterocycles. The van der Waals surface area contributed by atoms with E-state index in [4.69, 9.17) is 9.47 Å². The number of nitrogens with zero attached hydrogens (tertiary/aromatic N) is 2. The van der Waals surface area contributed by atoms with E-state index in [9.17, 15) is 26.4 Å². The molecule has 1 fully saturated rings. The molecule has 0 unspecified atom stereocenters. The van der Waals surface area contributed by atoms with Crippen molar-refractivity contribution in [3.8, 4) is 11.5 Å². The second-order valence-electron chi connectivity index (χ2n) is 7.77. The third-order valence-electron chi connectivity index (χ3n) is 5.12. The largest absolute Gasteiger partial charge is 0.490 e. The van der Waals surface area contributed by atoms with Crippen LogP contribution in [0.2, 0.25) is 0 Å². The predicted molar refractivity (Wildman–Crippen MR) is 115 cm³/mol. The first-order chi connectivity index (χ1) is 15.5. The van der Waals surface area contributed by atoms with Crippen LogP contribution in [0.5, 0.6) is 11.5 Å². The Morgan fingerprint density at radius 3 is 2.33 bits per heavy atom. The minimum atomic E-state index is -4.43. The zero-order valence-electron chi connectivity index (χ0n) is 18.2. The highest BCUT2D eigenvalue weighted by molar-refractivity contribution is 7.89. The smallest absolute Gasteiger partial charge is 0.422 e. The number of benzene rings is 2. The van der Waals surface area contributed by atoms with E-state index in [1.165, 1.54) is 38.4 Å². The Morgan fingerprint density at radius 2 is 1.70 bits per heavy atom. The number of carbonyl (C=O) groups is 1. The van der Waals surface area contributed by atoms with Crippen molar-refractivity contribution in [2.24, 2.45) is 0 Å². The van der Waals surface area contributed by atoms with Crippen molar-refractivity contribution >= 4 is 15.9 Å². The molecule has 2 aromatic carbocycles. The van der Waals surface area contributed by atoms with Crippen LogP contribution < -0.4 is 9.47 Å². The Bertz CT molecular complexity index is 1080. The van der Waals surface area contributed by atoms with Gasteiger partial charge in [0.1, 0.15) is 17.6 Å². The number of hydrogen-bond acceptors (Lipinski definition) is 5. The molecular formula is C22H25F3N2O5S. The molecule has 1 aliphatic heterocycles. The normalized spacial score (nSPS) is 15.5. The average Bonchev–Trinajstić information content (AvgIpc) is 2.77. The van der Waals surface area contributed by atoms with Gasteiger partial charge in [-0.1, -0.05) is 18.2 Å². The van der Waals surface area contributed by atoms with E-state index in [1.807, 2.05) is 0 Å². The summed E-state index contributed by atoms with van der Waals surface area (Å²) in [6, 6.07) is 12.1. The SMILES string of the molecule is CN(C)S(=O)(=O)c1ccccc1C(=O)N1CCC(Oc2cccc(OCC(F)(F)F)c2)CC1. The van der Waals surface area contributed by atoms with Crippen molar-refractivity contribution < 1.29 is 35.9 Å². The van der Waals surface area contributed by atoms with Gasteiger partial charge in [-0.15, -0.1) is 0 Å². The Morgan fingerprint density at radius 1 is 1.06 bits per heavy atom. The number of carbonyl (C=O) groups excluding carboxylic acids is 1. The number of piperidine rings is 1. The Labute approximate surface area is 190 Å². The second-order valence-corrected chi connectivity index (χ2v) is 9.89. The molecule has 7 nitrogen and oxygen atoms in total. The van der Waals surface area contributed by atoms with Crippen LogP contribution >= 0.6 is 0 Å². The lowest BCUT2D eigenvalue weighted by Gasteiger charge is -2.32. The van der Waals surface area contributed by atoms with Crippen molar-refractivity contribution in [3.63, 3.8) is 0 Å². The maximum Gasteiger partial charge on any atom is 0.422 e. The van der Waals surface area contributed by atoms with Gasteiger partial charge in [-0.25, -0.2) is 12.7 Å². The highest BCUT2D eigenvalue weighted by atomic mass is 32.2. The highest BCUT2D eigenvalue weighted by Crippen LogP contribution is 2.26. The van der Waals surface area contributed by atoms with Crippen LogP contribution in [0.25, 0.3) is 0 Å². The first kappa shape index (κ1) is 24.8. The lowest BCUT2D eigenvalue weighted by atomic mass is 10.1. The fraction of sp³-hybridized carbons (Fsp3) is 0.409. The summed E-state index contributed by atoms with van der Waals surface area (Å²) in [6.45, 7) is -0.684. The van der Waals surface area contributed by atoms with Crippen molar-refractivity contribution in [3.05, 3.63) is 54.1 Å². The molecule has 0 spiro atoms. The van der Waals surface area contributed by atoms with Gasteiger partial charge in [0.2, 0.25) is 10.0 Å². The summed E-state index contributed by atoms with van der Waals surface area (Å²) < 4.78 is 73.9. The molecule has 0 atom stereocenters. The maximum absolute atomic E-state index is 13.0. The molecule has 3 rings (SSSR count). The number of rotatable bonds is 7. The van der Waals surface area contributed by atoms with E-state index in [0.717, 1.165) is 4.31 Å². The molecule has 0 radical (unpaired) electrons. The van der Waals surface area contributed by atoms with Gasteiger partial charge in [-0.05, 0) is 24.3 Å². The van der Waals surface area contributed by atoms with Crippen molar-refractivity contribution in [2.75, 3.05) is 33.8 Å². The Kier molecular flexibility index (Phi) is 7.53. The number of halogens is 3. The molecule has 0 aliphatic carbocycles. The van der Waals surface area contributed by atoms with E-state index in [1.54, 1.807) is 29.2 Å². The zero-order valence-corrected chi connectivity index (χ0v) is 19.0. The maximum atomic E-state index is 13.0. The quantitative estimate of drug-likeness (QED) is 0.598. The summed E-state index contributed by atoms with van der Waals surface area (Å²) in [7, 11) is -0.971. The lowest BCUT2D eigenvalue weighted by Crippen LogP contribution is -2.42. The van der Waals surface area contributed by atoms with Crippen LogP contribution in [0.4, 0.5) is 13.2 Å². The van der Waals surface area contributed by atoms with Crippen LogP contribution in [0.15, 0.2) is 53.4 Å². The predicted octanol–water partition coefficient (Wildman–Crippen LogP) is 3.56. The lowest BCUT2D eigenvalue weighted by molar-refractivity contribution is -0.153. The zero-order chi connectivity index (χ0) is 24.2. The molecular weight excluding hydrogens is 461 g/mol. The molecule has 0 aromatic heterocycles. The standard InChI is InChI=1S/C22H25F3N2O5S/c1-26(2)33(29,30)20-9-4-3-8-19(20)21(28)27-12-10-16(11-13-27)32-18-7-5-6-17(14-18)31-15-22(23,24)25/h3-9,14,16H,10-13,15H2,1-2H3. The fourth-order valence-electron chi connectivity index (χ4n) is 3.41. The number of sulfonamides is 1. The van der Waals surface area contributed by atoms with Gasteiger partial charge in [0.05, 0.1) is 10.5 Å². The van der Waals surface area contributed by atoms with Crippen LogP contribution in [-0.2, 0) is 10.0 Å². The molecule has 0 bridgehead atoms. The molecule has 180 valence electrons. The number of hydrogen-bond donors (Lipinski definition) is 0.